The molecule has 0 amide bonds. The number of anilines is 1. The lowest BCUT2D eigenvalue weighted by Gasteiger charge is -2.27. The Labute approximate surface area is 123 Å². The molecule has 0 bridgehead atoms. The van der Waals surface area contributed by atoms with Gasteiger partial charge < -0.3 is 20.5 Å². The number of aromatic nitrogens is 4. The molecule has 4 N–H and O–H groups in total. The van der Waals surface area contributed by atoms with Crippen LogP contribution >= 0.6 is 7.82 Å². The predicted octanol–water partition coefficient (Wildman–Crippen LogP) is -0.817. The molecule has 2 aromatic rings. The number of ether oxygens (including phenoxy) is 1. The minimum absolute atomic E-state index is 0.157. The molecule has 0 spiro atoms. The minimum Gasteiger partial charge on any atom is -0.386 e. The van der Waals surface area contributed by atoms with Gasteiger partial charge in [0.25, 0.3) is 0 Å². The molecule has 22 heavy (non-hydrogen) atoms. The summed E-state index contributed by atoms with van der Waals surface area (Å²) in [4.78, 5) is 21.3. The van der Waals surface area contributed by atoms with Crippen molar-refractivity contribution in [3.8, 4) is 0 Å². The molecule has 0 aliphatic carbocycles. The second-order valence-corrected chi connectivity index (χ2v) is 6.38. The van der Waals surface area contributed by atoms with E-state index in [1.807, 2.05) is 0 Å². The van der Waals surface area contributed by atoms with Crippen molar-refractivity contribution in [2.75, 3.05) is 12.3 Å². The maximum Gasteiger partial charge on any atom is 0.472 e. The third-order valence-electron chi connectivity index (χ3n) is 3.63. The molecule has 0 saturated carbocycles. The van der Waals surface area contributed by atoms with Crippen LogP contribution in [0.4, 0.5) is 5.82 Å². The summed E-state index contributed by atoms with van der Waals surface area (Å²) in [6.07, 6.45) is -1.07. The standard InChI is InChI=1S/C10H12N5O6P/c11-8-5-9(13-2-12-8)15(3-14-5)10-6(16)7-4(20-10)1-19-22(17,18)21-7/h2-4,6-7,10,16H,1H2,(H,17,18)(H2,11,12,13)/t4-,6?,7-,10?/m0/s1. The number of rotatable bonds is 1. The highest BCUT2D eigenvalue weighted by Gasteiger charge is 2.52. The highest BCUT2D eigenvalue weighted by Crippen LogP contribution is 2.52. The summed E-state index contributed by atoms with van der Waals surface area (Å²) in [7, 11) is -4.16. The zero-order valence-corrected chi connectivity index (χ0v) is 11.9. The molecule has 2 saturated heterocycles. The third-order valence-corrected chi connectivity index (χ3v) is 4.61. The summed E-state index contributed by atoms with van der Waals surface area (Å²) in [6.45, 7) is -0.157. The van der Waals surface area contributed by atoms with E-state index >= 15 is 0 Å². The van der Waals surface area contributed by atoms with Crippen molar-refractivity contribution >= 4 is 24.8 Å². The van der Waals surface area contributed by atoms with Gasteiger partial charge in [-0.3, -0.25) is 13.6 Å². The zero-order valence-electron chi connectivity index (χ0n) is 11.0. The summed E-state index contributed by atoms with van der Waals surface area (Å²) >= 11 is 0. The van der Waals surface area contributed by atoms with Gasteiger partial charge in [0.1, 0.15) is 30.2 Å². The van der Waals surface area contributed by atoms with Gasteiger partial charge in [-0.2, -0.15) is 0 Å². The largest absolute Gasteiger partial charge is 0.472 e. The smallest absolute Gasteiger partial charge is 0.386 e. The third kappa shape index (κ3) is 2.02. The highest BCUT2D eigenvalue weighted by molar-refractivity contribution is 7.47. The number of nitrogen functional groups attached to an aromatic ring is 1. The van der Waals surface area contributed by atoms with Gasteiger partial charge in [0, 0.05) is 0 Å². The summed E-state index contributed by atoms with van der Waals surface area (Å²) in [6, 6.07) is 0. The van der Waals surface area contributed by atoms with E-state index < -0.39 is 32.4 Å². The first kappa shape index (κ1) is 14.0. The van der Waals surface area contributed by atoms with Crippen molar-refractivity contribution in [2.45, 2.75) is 24.5 Å². The predicted molar refractivity (Wildman–Crippen MR) is 70.3 cm³/mol. The average Bonchev–Trinajstić information content (AvgIpc) is 3.01. The van der Waals surface area contributed by atoms with E-state index in [2.05, 4.69) is 19.5 Å². The molecular weight excluding hydrogens is 317 g/mol. The normalized spacial score (nSPS) is 38.3. The van der Waals surface area contributed by atoms with Crippen molar-refractivity contribution in [3.63, 3.8) is 0 Å². The lowest BCUT2D eigenvalue weighted by atomic mass is 10.1. The Hall–Kier alpha value is -1.62. The molecule has 2 fully saturated rings. The van der Waals surface area contributed by atoms with Gasteiger partial charge in [-0.25, -0.2) is 19.5 Å². The maximum atomic E-state index is 11.5. The van der Waals surface area contributed by atoms with E-state index in [0.717, 1.165) is 0 Å². The summed E-state index contributed by atoms with van der Waals surface area (Å²) in [5.74, 6) is 0.202. The number of imidazole rings is 1. The van der Waals surface area contributed by atoms with Crippen LogP contribution in [0.25, 0.3) is 11.2 Å². The first-order chi connectivity index (χ1) is 10.5. The van der Waals surface area contributed by atoms with E-state index in [4.69, 9.17) is 15.0 Å². The van der Waals surface area contributed by atoms with E-state index in [-0.39, 0.29) is 12.4 Å². The molecule has 2 aromatic heterocycles. The number of aliphatic hydroxyl groups is 1. The Morgan fingerprint density at radius 1 is 1.41 bits per heavy atom. The van der Waals surface area contributed by atoms with Crippen LogP contribution < -0.4 is 5.73 Å². The van der Waals surface area contributed by atoms with Crippen molar-refractivity contribution in [2.24, 2.45) is 0 Å². The van der Waals surface area contributed by atoms with Gasteiger partial charge in [0.15, 0.2) is 17.7 Å². The molecule has 0 aromatic carbocycles. The van der Waals surface area contributed by atoms with E-state index in [1.165, 1.54) is 17.2 Å². The fraction of sp³-hybridized carbons (Fsp3) is 0.500. The zero-order chi connectivity index (χ0) is 15.5. The van der Waals surface area contributed by atoms with Gasteiger partial charge in [0.2, 0.25) is 0 Å². The number of nitrogens with zero attached hydrogens (tertiary/aromatic N) is 4. The summed E-state index contributed by atoms with van der Waals surface area (Å²) < 4.78 is 28.2. The van der Waals surface area contributed by atoms with Gasteiger partial charge in [-0.05, 0) is 0 Å². The van der Waals surface area contributed by atoms with Gasteiger partial charge >= 0.3 is 7.82 Å². The molecule has 3 unspecified atom stereocenters. The van der Waals surface area contributed by atoms with Crippen molar-refractivity contribution in [1.29, 1.82) is 0 Å². The van der Waals surface area contributed by atoms with Crippen molar-refractivity contribution in [1.82, 2.24) is 19.5 Å². The molecule has 2 aliphatic heterocycles. The Morgan fingerprint density at radius 3 is 3.05 bits per heavy atom. The Balaban J connectivity index is 1.71. The monoisotopic (exact) mass is 329 g/mol. The number of hydrogen-bond donors (Lipinski definition) is 3. The second kappa shape index (κ2) is 4.69. The fourth-order valence-corrected chi connectivity index (χ4v) is 3.59. The number of aliphatic hydroxyl groups excluding tert-OH is 1. The second-order valence-electron chi connectivity index (χ2n) is 4.97. The SMILES string of the molecule is Nc1ncnc2c1ncn2C1O[C@H]2COP(=O)(O)O[C@@H]2C1O. The molecule has 11 nitrogen and oxygen atoms in total. The van der Waals surface area contributed by atoms with Crippen LogP contribution in [0.3, 0.4) is 0 Å². The Bertz CT molecular complexity index is 782. The van der Waals surface area contributed by atoms with Crippen molar-refractivity contribution < 1.29 is 28.3 Å². The molecule has 5 atom stereocenters. The van der Waals surface area contributed by atoms with Gasteiger partial charge in [-0.1, -0.05) is 0 Å². The van der Waals surface area contributed by atoms with E-state index in [0.29, 0.717) is 11.2 Å². The van der Waals surface area contributed by atoms with Gasteiger partial charge in [-0.15, -0.1) is 0 Å². The van der Waals surface area contributed by atoms with E-state index in [1.54, 1.807) is 0 Å². The quantitative estimate of drug-likeness (QED) is 0.565. The molecule has 4 heterocycles. The summed E-state index contributed by atoms with van der Waals surface area (Å²) in [5.41, 5.74) is 6.46. The Kier molecular flexibility index (Phi) is 2.98. The molecule has 4 rings (SSSR count). The van der Waals surface area contributed by atoms with Crippen LogP contribution in [0.15, 0.2) is 12.7 Å². The molecule has 0 radical (unpaired) electrons. The lowest BCUT2D eigenvalue weighted by Crippen LogP contribution is -2.39. The number of nitrogens with two attached hydrogens (primary N) is 1. The Morgan fingerprint density at radius 2 is 2.23 bits per heavy atom. The molecule has 118 valence electrons. The topological polar surface area (TPSA) is 155 Å². The fourth-order valence-electron chi connectivity index (χ4n) is 2.62. The number of fused-ring (bicyclic) bond motifs is 2. The highest BCUT2D eigenvalue weighted by atomic mass is 31.2. The first-order valence-corrected chi connectivity index (χ1v) is 7.88. The van der Waals surface area contributed by atoms with Gasteiger partial charge in [0.05, 0.1) is 12.9 Å². The van der Waals surface area contributed by atoms with Crippen LogP contribution in [0, 0.1) is 0 Å². The van der Waals surface area contributed by atoms with E-state index in [9.17, 15) is 14.6 Å². The molecular formula is C10H12N5O6P. The number of phosphoric ester groups is 1. The first-order valence-electron chi connectivity index (χ1n) is 6.38. The molecule has 2 aliphatic rings. The van der Waals surface area contributed by atoms with Crippen LogP contribution in [-0.2, 0) is 18.3 Å². The number of hydrogen-bond acceptors (Lipinski definition) is 9. The minimum atomic E-state index is -4.16. The average molecular weight is 329 g/mol. The number of phosphoric acid groups is 1. The lowest BCUT2D eigenvalue weighted by molar-refractivity contribution is -0.0664. The maximum absolute atomic E-state index is 11.5. The van der Waals surface area contributed by atoms with Crippen LogP contribution in [0.2, 0.25) is 0 Å². The molecule has 12 heteroatoms. The summed E-state index contributed by atoms with van der Waals surface area (Å²) in [5, 5.41) is 10.4. The van der Waals surface area contributed by atoms with Crippen LogP contribution in [0.5, 0.6) is 0 Å². The van der Waals surface area contributed by atoms with Crippen LogP contribution in [-0.4, -0.2) is 54.4 Å². The van der Waals surface area contributed by atoms with Crippen LogP contribution in [0.1, 0.15) is 6.23 Å². The van der Waals surface area contributed by atoms with Crippen molar-refractivity contribution in [3.05, 3.63) is 12.7 Å².